The molecule has 2 aromatic rings. The van der Waals surface area contributed by atoms with Gasteiger partial charge in [-0.1, -0.05) is 41.9 Å². The van der Waals surface area contributed by atoms with E-state index >= 15 is 0 Å². The van der Waals surface area contributed by atoms with Crippen LogP contribution in [0.3, 0.4) is 0 Å². The van der Waals surface area contributed by atoms with E-state index in [9.17, 15) is 13.2 Å². The smallest absolute Gasteiger partial charge is 0.410 e. The number of aromatic nitrogens is 1. The molecule has 10 heteroatoms. The lowest BCUT2D eigenvalue weighted by atomic mass is 10.2. The molecule has 0 radical (unpaired) electrons. The van der Waals surface area contributed by atoms with Crippen LogP contribution in [-0.4, -0.2) is 56.6 Å². The number of pyridine rings is 1. The minimum atomic E-state index is -3.79. The highest BCUT2D eigenvalue weighted by molar-refractivity contribution is 7.89. The molecule has 28 heavy (non-hydrogen) atoms. The Balaban J connectivity index is 1.52. The van der Waals surface area contributed by atoms with Gasteiger partial charge in [0.15, 0.2) is 0 Å². The Kier molecular flexibility index (Phi) is 6.84. The Labute approximate surface area is 168 Å². The van der Waals surface area contributed by atoms with Gasteiger partial charge >= 0.3 is 6.09 Å². The predicted octanol–water partition coefficient (Wildman–Crippen LogP) is 1.62. The fourth-order valence-electron chi connectivity index (χ4n) is 2.80. The number of carbonyl (C=O) groups is 1. The fourth-order valence-corrected chi connectivity index (χ4v) is 4.33. The van der Waals surface area contributed by atoms with Crippen molar-refractivity contribution >= 4 is 27.7 Å². The zero-order chi connectivity index (χ0) is 20.0. The highest BCUT2D eigenvalue weighted by atomic mass is 35.5. The standard InChI is InChI=1S/C18H21ClN4O4S/c19-17-16(7-4-8-21-17)28(25,26)22-11-15-12-23(10-9-20-15)18(24)27-13-14-5-2-1-3-6-14/h1-8,15,20,22H,9-13H2. The predicted molar refractivity (Wildman–Crippen MR) is 104 cm³/mol. The average Bonchev–Trinajstić information content (AvgIpc) is 2.72. The van der Waals surface area contributed by atoms with Gasteiger partial charge in [-0.2, -0.15) is 0 Å². The number of nitrogens with one attached hydrogen (secondary N) is 2. The first-order valence-corrected chi connectivity index (χ1v) is 10.6. The second-order valence-corrected chi connectivity index (χ2v) is 8.37. The van der Waals surface area contributed by atoms with E-state index < -0.39 is 16.1 Å². The average molecular weight is 425 g/mol. The third-order valence-corrected chi connectivity index (χ3v) is 6.12. The molecule has 1 aromatic heterocycles. The van der Waals surface area contributed by atoms with Crippen molar-refractivity contribution in [3.8, 4) is 0 Å². The summed E-state index contributed by atoms with van der Waals surface area (Å²) in [5.74, 6) is 0. The molecular weight excluding hydrogens is 404 g/mol. The maximum absolute atomic E-state index is 12.4. The van der Waals surface area contributed by atoms with Crippen LogP contribution in [0.4, 0.5) is 4.79 Å². The highest BCUT2D eigenvalue weighted by Gasteiger charge is 2.26. The zero-order valence-corrected chi connectivity index (χ0v) is 16.6. The van der Waals surface area contributed by atoms with Crippen LogP contribution < -0.4 is 10.0 Å². The second-order valence-electron chi connectivity index (χ2n) is 6.28. The summed E-state index contributed by atoms with van der Waals surface area (Å²) in [4.78, 5) is 17.6. The van der Waals surface area contributed by atoms with Crippen LogP contribution in [0.25, 0.3) is 0 Å². The summed E-state index contributed by atoms with van der Waals surface area (Å²) >= 11 is 5.86. The zero-order valence-electron chi connectivity index (χ0n) is 15.0. The number of hydrogen-bond acceptors (Lipinski definition) is 6. The molecule has 1 aliphatic heterocycles. The van der Waals surface area contributed by atoms with E-state index in [4.69, 9.17) is 16.3 Å². The third kappa shape index (κ3) is 5.41. The maximum Gasteiger partial charge on any atom is 0.410 e. The molecule has 1 saturated heterocycles. The van der Waals surface area contributed by atoms with Crippen molar-refractivity contribution in [2.75, 3.05) is 26.2 Å². The Morgan fingerprint density at radius 3 is 2.82 bits per heavy atom. The number of nitrogens with zero attached hydrogens (tertiary/aromatic N) is 2. The quantitative estimate of drug-likeness (QED) is 0.683. The lowest BCUT2D eigenvalue weighted by Crippen LogP contribution is -2.56. The molecule has 3 rings (SSSR count). The van der Waals surface area contributed by atoms with Gasteiger partial charge in [0.05, 0.1) is 0 Å². The Hall–Kier alpha value is -2.20. The molecule has 1 fully saturated rings. The molecule has 1 aliphatic rings. The molecular formula is C18H21ClN4O4S. The number of halogens is 1. The highest BCUT2D eigenvalue weighted by Crippen LogP contribution is 2.17. The SMILES string of the molecule is O=C(OCc1ccccc1)N1CCNC(CNS(=O)(=O)c2cccnc2Cl)C1. The van der Waals surface area contributed by atoms with Crippen molar-refractivity contribution in [2.24, 2.45) is 0 Å². The van der Waals surface area contributed by atoms with Crippen molar-refractivity contribution < 1.29 is 17.9 Å². The molecule has 1 atom stereocenters. The molecule has 0 aliphatic carbocycles. The largest absolute Gasteiger partial charge is 0.445 e. The van der Waals surface area contributed by atoms with Crippen LogP contribution in [0.15, 0.2) is 53.6 Å². The summed E-state index contributed by atoms with van der Waals surface area (Å²) in [6.07, 6.45) is 0.997. The molecule has 1 amide bonds. The molecule has 0 bridgehead atoms. The summed E-state index contributed by atoms with van der Waals surface area (Å²) < 4.78 is 32.7. The number of ether oxygens (including phenoxy) is 1. The summed E-state index contributed by atoms with van der Waals surface area (Å²) in [7, 11) is -3.79. The van der Waals surface area contributed by atoms with Gasteiger partial charge in [-0.05, 0) is 17.7 Å². The van der Waals surface area contributed by atoms with Gasteiger partial charge in [-0.3, -0.25) is 0 Å². The van der Waals surface area contributed by atoms with Crippen LogP contribution in [0.5, 0.6) is 0 Å². The van der Waals surface area contributed by atoms with Crippen molar-refractivity contribution in [3.05, 3.63) is 59.4 Å². The number of piperazine rings is 1. The topological polar surface area (TPSA) is 101 Å². The summed E-state index contributed by atoms with van der Waals surface area (Å²) in [5.41, 5.74) is 0.906. The van der Waals surface area contributed by atoms with Crippen molar-refractivity contribution in [3.63, 3.8) is 0 Å². The van der Waals surface area contributed by atoms with Crippen LogP contribution in [-0.2, 0) is 21.4 Å². The lowest BCUT2D eigenvalue weighted by Gasteiger charge is -2.33. The number of benzene rings is 1. The van der Waals surface area contributed by atoms with E-state index in [1.165, 1.54) is 18.3 Å². The molecule has 0 spiro atoms. The number of amides is 1. The molecule has 0 saturated carbocycles. The number of hydrogen-bond donors (Lipinski definition) is 2. The molecule has 2 heterocycles. The monoisotopic (exact) mass is 424 g/mol. The van der Waals surface area contributed by atoms with E-state index in [2.05, 4.69) is 15.0 Å². The summed E-state index contributed by atoms with van der Waals surface area (Å²) in [6, 6.07) is 12.1. The van der Waals surface area contributed by atoms with Crippen LogP contribution in [0.2, 0.25) is 5.15 Å². The van der Waals surface area contributed by atoms with Gasteiger partial charge in [-0.25, -0.2) is 22.9 Å². The van der Waals surface area contributed by atoms with E-state index in [0.29, 0.717) is 19.6 Å². The van der Waals surface area contributed by atoms with Crippen molar-refractivity contribution in [1.29, 1.82) is 0 Å². The Bertz CT molecular complexity index is 911. The van der Waals surface area contributed by atoms with Crippen molar-refractivity contribution in [1.82, 2.24) is 19.9 Å². The van der Waals surface area contributed by atoms with Gasteiger partial charge in [0, 0.05) is 38.4 Å². The Morgan fingerprint density at radius 1 is 1.29 bits per heavy atom. The molecule has 8 nitrogen and oxygen atoms in total. The van der Waals surface area contributed by atoms with E-state index in [1.54, 1.807) is 4.90 Å². The minimum Gasteiger partial charge on any atom is -0.445 e. The van der Waals surface area contributed by atoms with Gasteiger partial charge in [0.2, 0.25) is 10.0 Å². The first kappa shape index (κ1) is 20.5. The maximum atomic E-state index is 12.4. The minimum absolute atomic E-state index is 0.0772. The lowest BCUT2D eigenvalue weighted by molar-refractivity contribution is 0.0853. The van der Waals surface area contributed by atoms with Gasteiger partial charge in [0.25, 0.3) is 0 Å². The summed E-state index contributed by atoms with van der Waals surface area (Å²) in [5, 5.41) is 3.11. The van der Waals surface area contributed by atoms with Gasteiger partial charge < -0.3 is 15.0 Å². The van der Waals surface area contributed by atoms with Crippen molar-refractivity contribution in [2.45, 2.75) is 17.5 Å². The van der Waals surface area contributed by atoms with Crippen LogP contribution >= 0.6 is 11.6 Å². The number of rotatable bonds is 6. The fraction of sp³-hybridized carbons (Fsp3) is 0.333. The molecule has 1 aromatic carbocycles. The molecule has 2 N–H and O–H groups in total. The van der Waals surface area contributed by atoms with Crippen LogP contribution in [0.1, 0.15) is 5.56 Å². The Morgan fingerprint density at radius 2 is 2.07 bits per heavy atom. The molecule has 1 unspecified atom stereocenters. The van der Waals surface area contributed by atoms with E-state index in [-0.39, 0.29) is 29.2 Å². The molecule has 150 valence electrons. The van der Waals surface area contributed by atoms with Crippen LogP contribution in [0, 0.1) is 0 Å². The second kappa shape index (κ2) is 9.33. The van der Waals surface area contributed by atoms with Gasteiger partial charge in [0.1, 0.15) is 16.7 Å². The van der Waals surface area contributed by atoms with E-state index in [0.717, 1.165) is 5.56 Å². The number of sulfonamides is 1. The summed E-state index contributed by atoms with van der Waals surface area (Å²) in [6.45, 7) is 1.67. The first-order valence-electron chi connectivity index (χ1n) is 8.75. The third-order valence-electron chi connectivity index (χ3n) is 4.25. The first-order chi connectivity index (χ1) is 13.5. The normalized spacial score (nSPS) is 17.3. The van der Waals surface area contributed by atoms with Gasteiger partial charge in [-0.15, -0.1) is 0 Å². The number of carbonyl (C=O) groups excluding carboxylic acids is 1. The van der Waals surface area contributed by atoms with E-state index in [1.807, 2.05) is 30.3 Å².